The maximum atomic E-state index is 11.6. The van der Waals surface area contributed by atoms with E-state index in [1.807, 2.05) is 0 Å². The lowest BCUT2D eigenvalue weighted by Crippen LogP contribution is -2.59. The first kappa shape index (κ1) is 24.8. The van der Waals surface area contributed by atoms with Crippen LogP contribution in [0.15, 0.2) is 12.2 Å². The molecule has 1 aliphatic heterocycles. The summed E-state index contributed by atoms with van der Waals surface area (Å²) in [5.41, 5.74) is 0.721. The molecule has 5 aliphatic rings. The maximum absolute atomic E-state index is 11.6. The molecular formula is C31H50O3. The van der Waals surface area contributed by atoms with Gasteiger partial charge in [0.1, 0.15) is 11.7 Å². The van der Waals surface area contributed by atoms with E-state index in [1.165, 1.54) is 38.5 Å². The lowest BCUT2D eigenvalue weighted by atomic mass is 9.44. The molecule has 1 heterocycles. The van der Waals surface area contributed by atoms with Crippen LogP contribution in [0, 0.1) is 52.3 Å². The van der Waals surface area contributed by atoms with E-state index >= 15 is 0 Å². The number of rotatable bonds is 6. The molecule has 0 N–H and O–H groups in total. The molecule has 0 radical (unpaired) electrons. The molecule has 4 saturated carbocycles. The van der Waals surface area contributed by atoms with Crippen LogP contribution in [0.1, 0.15) is 106 Å². The lowest BCUT2D eigenvalue weighted by Gasteiger charge is -2.59. The van der Waals surface area contributed by atoms with Gasteiger partial charge in [-0.3, -0.25) is 4.79 Å². The molecule has 4 aliphatic carbocycles. The van der Waals surface area contributed by atoms with E-state index in [0.29, 0.717) is 23.4 Å². The average molecular weight is 471 g/mol. The fraction of sp³-hybridized carbons (Fsp3) is 0.903. The van der Waals surface area contributed by atoms with Crippen LogP contribution in [0.25, 0.3) is 0 Å². The van der Waals surface area contributed by atoms with E-state index < -0.39 is 0 Å². The standard InChI is InChI=1S/C31H50O3/c1-8-22(19(2)3)10-9-20(4)25-11-12-26-24-17-28-31(34-28)18-23(33-21(5)32)13-16-30(31,7)27(24)14-15-29(25,26)6/h9-10,19-20,22-28H,8,11-18H2,1-7H3. The highest BCUT2D eigenvalue weighted by Gasteiger charge is 2.76. The minimum atomic E-state index is -0.136. The van der Waals surface area contributed by atoms with Crippen molar-refractivity contribution in [2.45, 2.75) is 124 Å². The number of hydrogen-bond acceptors (Lipinski definition) is 3. The summed E-state index contributed by atoms with van der Waals surface area (Å²) in [4.78, 5) is 11.6. The summed E-state index contributed by atoms with van der Waals surface area (Å²) in [6.07, 6.45) is 16.7. The van der Waals surface area contributed by atoms with E-state index in [-0.39, 0.29) is 23.1 Å². The average Bonchev–Trinajstić information content (AvgIpc) is 3.34. The van der Waals surface area contributed by atoms with Gasteiger partial charge in [0.05, 0.1) is 6.10 Å². The van der Waals surface area contributed by atoms with Crippen molar-refractivity contribution < 1.29 is 14.3 Å². The van der Waals surface area contributed by atoms with Crippen molar-refractivity contribution in [1.82, 2.24) is 0 Å². The number of epoxide rings is 1. The Labute approximate surface area is 208 Å². The fourth-order valence-corrected chi connectivity index (χ4v) is 10.2. The SMILES string of the molecule is CCC(C=CC(C)C1CCC2C3CC4OC45CC(OC(C)=O)CCC5(C)C3CCC12C)C(C)C. The molecule has 11 atom stereocenters. The Hall–Kier alpha value is -0.830. The highest BCUT2D eigenvalue weighted by Crippen LogP contribution is 2.74. The predicted octanol–water partition coefficient (Wildman–Crippen LogP) is 7.58. The summed E-state index contributed by atoms with van der Waals surface area (Å²) < 4.78 is 12.3. The molecule has 1 saturated heterocycles. The van der Waals surface area contributed by atoms with Gasteiger partial charge in [0.2, 0.25) is 0 Å². The molecule has 0 amide bonds. The predicted molar refractivity (Wildman–Crippen MR) is 137 cm³/mol. The topological polar surface area (TPSA) is 38.8 Å². The zero-order valence-corrected chi connectivity index (χ0v) is 22.9. The summed E-state index contributed by atoms with van der Waals surface area (Å²) in [5.74, 6) is 5.24. The van der Waals surface area contributed by atoms with Gasteiger partial charge in [-0.05, 0) is 98.2 Å². The number of fused-ring (bicyclic) bond motifs is 4. The normalized spacial score (nSPS) is 49.1. The number of ether oxygens (including phenoxy) is 2. The molecule has 5 fully saturated rings. The minimum Gasteiger partial charge on any atom is -0.462 e. The molecular weight excluding hydrogens is 420 g/mol. The number of esters is 1. The largest absolute Gasteiger partial charge is 0.462 e. The zero-order valence-electron chi connectivity index (χ0n) is 22.9. The van der Waals surface area contributed by atoms with Crippen LogP contribution in [-0.4, -0.2) is 23.8 Å². The number of hydrogen-bond donors (Lipinski definition) is 0. The highest BCUT2D eigenvalue weighted by atomic mass is 16.6. The van der Waals surface area contributed by atoms with Crippen molar-refractivity contribution in [3.8, 4) is 0 Å². The molecule has 0 aromatic carbocycles. The Bertz CT molecular complexity index is 817. The third-order valence-electron chi connectivity index (χ3n) is 12.1. The van der Waals surface area contributed by atoms with Crippen molar-refractivity contribution in [3.05, 3.63) is 12.2 Å². The van der Waals surface area contributed by atoms with E-state index in [0.717, 1.165) is 48.9 Å². The van der Waals surface area contributed by atoms with Crippen LogP contribution in [0.5, 0.6) is 0 Å². The van der Waals surface area contributed by atoms with Gasteiger partial charge < -0.3 is 9.47 Å². The second-order valence-corrected chi connectivity index (χ2v) is 13.8. The third kappa shape index (κ3) is 3.65. The fourth-order valence-electron chi connectivity index (χ4n) is 10.2. The van der Waals surface area contributed by atoms with Gasteiger partial charge in [0, 0.05) is 18.8 Å². The molecule has 0 aromatic rings. The molecule has 192 valence electrons. The van der Waals surface area contributed by atoms with E-state index in [2.05, 4.69) is 53.7 Å². The Morgan fingerprint density at radius 2 is 1.82 bits per heavy atom. The first-order chi connectivity index (χ1) is 16.1. The van der Waals surface area contributed by atoms with Crippen LogP contribution in [0.4, 0.5) is 0 Å². The second-order valence-electron chi connectivity index (χ2n) is 13.8. The number of carbonyl (C=O) groups excluding carboxylic acids is 1. The Morgan fingerprint density at radius 1 is 1.06 bits per heavy atom. The number of carbonyl (C=O) groups is 1. The van der Waals surface area contributed by atoms with Gasteiger partial charge in [0.25, 0.3) is 0 Å². The molecule has 3 nitrogen and oxygen atoms in total. The molecule has 1 spiro atoms. The smallest absolute Gasteiger partial charge is 0.302 e. The van der Waals surface area contributed by atoms with Gasteiger partial charge in [-0.25, -0.2) is 0 Å². The Kier molecular flexibility index (Phi) is 6.31. The van der Waals surface area contributed by atoms with Crippen LogP contribution in [-0.2, 0) is 14.3 Å². The van der Waals surface area contributed by atoms with Gasteiger partial charge in [-0.2, -0.15) is 0 Å². The third-order valence-corrected chi connectivity index (χ3v) is 12.1. The molecule has 0 aromatic heterocycles. The quantitative estimate of drug-likeness (QED) is 0.228. The summed E-state index contributed by atoms with van der Waals surface area (Å²) >= 11 is 0. The van der Waals surface area contributed by atoms with E-state index in [1.54, 1.807) is 6.92 Å². The molecule has 0 bridgehead atoms. The first-order valence-electron chi connectivity index (χ1n) is 14.6. The zero-order chi connectivity index (χ0) is 24.5. The van der Waals surface area contributed by atoms with Crippen LogP contribution >= 0.6 is 0 Å². The molecule has 11 unspecified atom stereocenters. The van der Waals surface area contributed by atoms with Crippen molar-refractivity contribution in [2.24, 2.45) is 52.3 Å². The van der Waals surface area contributed by atoms with Crippen molar-refractivity contribution in [3.63, 3.8) is 0 Å². The van der Waals surface area contributed by atoms with Gasteiger partial charge in [-0.15, -0.1) is 0 Å². The van der Waals surface area contributed by atoms with Crippen LogP contribution in [0.2, 0.25) is 0 Å². The van der Waals surface area contributed by atoms with Gasteiger partial charge >= 0.3 is 5.97 Å². The van der Waals surface area contributed by atoms with Crippen molar-refractivity contribution in [2.75, 3.05) is 0 Å². The molecule has 3 heteroatoms. The summed E-state index contributed by atoms with van der Waals surface area (Å²) in [6, 6.07) is 0. The Morgan fingerprint density at radius 3 is 2.50 bits per heavy atom. The monoisotopic (exact) mass is 470 g/mol. The lowest BCUT2D eigenvalue weighted by molar-refractivity contribution is -0.157. The van der Waals surface area contributed by atoms with E-state index in [9.17, 15) is 4.79 Å². The second kappa shape index (κ2) is 8.63. The maximum Gasteiger partial charge on any atom is 0.302 e. The Balaban J connectivity index is 1.32. The summed E-state index contributed by atoms with van der Waals surface area (Å²) in [6.45, 7) is 16.3. The summed E-state index contributed by atoms with van der Waals surface area (Å²) in [5, 5.41) is 0. The van der Waals surface area contributed by atoms with Gasteiger partial charge in [-0.1, -0.05) is 53.7 Å². The highest BCUT2D eigenvalue weighted by molar-refractivity contribution is 5.66. The van der Waals surface area contributed by atoms with E-state index in [4.69, 9.17) is 9.47 Å². The minimum absolute atomic E-state index is 0.0136. The molecule has 34 heavy (non-hydrogen) atoms. The summed E-state index contributed by atoms with van der Waals surface area (Å²) in [7, 11) is 0. The van der Waals surface area contributed by atoms with Crippen LogP contribution in [0.3, 0.4) is 0 Å². The van der Waals surface area contributed by atoms with Crippen molar-refractivity contribution >= 4 is 5.97 Å². The number of allylic oxidation sites excluding steroid dienone is 2. The van der Waals surface area contributed by atoms with Gasteiger partial charge in [0.15, 0.2) is 0 Å². The van der Waals surface area contributed by atoms with Crippen LogP contribution < -0.4 is 0 Å². The molecule has 5 rings (SSSR count). The van der Waals surface area contributed by atoms with Crippen molar-refractivity contribution in [1.29, 1.82) is 0 Å². The first-order valence-corrected chi connectivity index (χ1v) is 14.6.